The molecule has 2 rings (SSSR count). The molecule has 20 heavy (non-hydrogen) atoms. The summed E-state index contributed by atoms with van der Waals surface area (Å²) in [5.74, 6) is 2.92. The van der Waals surface area contributed by atoms with Gasteiger partial charge in [-0.1, -0.05) is 0 Å². The van der Waals surface area contributed by atoms with Gasteiger partial charge in [0, 0.05) is 38.0 Å². The molecule has 1 heterocycles. The number of aromatic nitrogens is 2. The Morgan fingerprint density at radius 1 is 1.10 bits per heavy atom. The summed E-state index contributed by atoms with van der Waals surface area (Å²) in [6.45, 7) is 0.549. The number of rotatable bonds is 6. The summed E-state index contributed by atoms with van der Waals surface area (Å²) in [6, 6.07) is 5.57. The SMILES string of the molecule is COc1cc(OC)c(CNc2ccn(C)n2)c(OC)c1. The Balaban J connectivity index is 2.24. The Hall–Kier alpha value is -2.37. The van der Waals surface area contributed by atoms with E-state index in [1.54, 1.807) is 26.0 Å². The van der Waals surface area contributed by atoms with Crippen LogP contribution in [-0.4, -0.2) is 31.1 Å². The molecule has 0 radical (unpaired) electrons. The lowest BCUT2D eigenvalue weighted by molar-refractivity contribution is 0.369. The highest BCUT2D eigenvalue weighted by Crippen LogP contribution is 2.34. The van der Waals surface area contributed by atoms with E-state index in [1.807, 2.05) is 31.4 Å². The molecule has 0 aliphatic heterocycles. The van der Waals surface area contributed by atoms with Crippen molar-refractivity contribution in [3.8, 4) is 17.2 Å². The van der Waals surface area contributed by atoms with E-state index in [1.165, 1.54) is 0 Å². The zero-order valence-corrected chi connectivity index (χ0v) is 12.1. The Morgan fingerprint density at radius 2 is 1.75 bits per heavy atom. The summed E-state index contributed by atoms with van der Waals surface area (Å²) in [5.41, 5.74) is 0.918. The minimum absolute atomic E-state index is 0.549. The van der Waals surface area contributed by atoms with Crippen molar-refractivity contribution in [3.05, 3.63) is 30.0 Å². The quantitative estimate of drug-likeness (QED) is 0.876. The summed E-state index contributed by atoms with van der Waals surface area (Å²) < 4.78 is 17.8. The van der Waals surface area contributed by atoms with Crippen molar-refractivity contribution < 1.29 is 14.2 Å². The molecule has 2 aromatic rings. The van der Waals surface area contributed by atoms with Crippen molar-refractivity contribution in [2.24, 2.45) is 7.05 Å². The number of aryl methyl sites for hydroxylation is 1. The average Bonchev–Trinajstić information content (AvgIpc) is 2.89. The van der Waals surface area contributed by atoms with Crippen LogP contribution in [0, 0.1) is 0 Å². The molecule has 0 saturated carbocycles. The molecule has 6 nitrogen and oxygen atoms in total. The van der Waals surface area contributed by atoms with Crippen molar-refractivity contribution >= 4 is 5.82 Å². The number of nitrogens with one attached hydrogen (secondary N) is 1. The molecule has 0 atom stereocenters. The highest BCUT2D eigenvalue weighted by molar-refractivity contribution is 5.52. The summed E-state index contributed by atoms with van der Waals surface area (Å²) in [6.07, 6.45) is 1.88. The van der Waals surface area contributed by atoms with Crippen molar-refractivity contribution in [1.82, 2.24) is 9.78 Å². The van der Waals surface area contributed by atoms with E-state index >= 15 is 0 Å². The van der Waals surface area contributed by atoms with E-state index < -0.39 is 0 Å². The van der Waals surface area contributed by atoms with Crippen LogP contribution >= 0.6 is 0 Å². The van der Waals surface area contributed by atoms with Crippen LogP contribution in [0.15, 0.2) is 24.4 Å². The van der Waals surface area contributed by atoms with Crippen LogP contribution in [-0.2, 0) is 13.6 Å². The van der Waals surface area contributed by atoms with Crippen LogP contribution in [0.1, 0.15) is 5.56 Å². The van der Waals surface area contributed by atoms with Gasteiger partial charge < -0.3 is 19.5 Å². The molecule has 0 saturated heterocycles. The fourth-order valence-electron chi connectivity index (χ4n) is 1.94. The molecule has 0 aliphatic carbocycles. The van der Waals surface area contributed by atoms with Gasteiger partial charge in [0.2, 0.25) is 0 Å². The monoisotopic (exact) mass is 277 g/mol. The molecule has 0 aliphatic rings. The first kappa shape index (κ1) is 14.0. The predicted octanol–water partition coefficient (Wildman–Crippen LogP) is 2.06. The van der Waals surface area contributed by atoms with Crippen molar-refractivity contribution in [2.75, 3.05) is 26.6 Å². The maximum Gasteiger partial charge on any atom is 0.148 e. The van der Waals surface area contributed by atoms with Gasteiger partial charge in [-0.3, -0.25) is 4.68 Å². The average molecular weight is 277 g/mol. The molecule has 0 spiro atoms. The van der Waals surface area contributed by atoms with E-state index in [4.69, 9.17) is 14.2 Å². The van der Waals surface area contributed by atoms with Crippen LogP contribution in [0.4, 0.5) is 5.82 Å². The van der Waals surface area contributed by atoms with Gasteiger partial charge in [-0.05, 0) is 0 Å². The van der Waals surface area contributed by atoms with Crippen molar-refractivity contribution in [1.29, 1.82) is 0 Å². The van der Waals surface area contributed by atoms with Gasteiger partial charge in [0.25, 0.3) is 0 Å². The van der Waals surface area contributed by atoms with Gasteiger partial charge in [-0.2, -0.15) is 5.10 Å². The minimum Gasteiger partial charge on any atom is -0.496 e. The van der Waals surface area contributed by atoms with Crippen LogP contribution < -0.4 is 19.5 Å². The third-order valence-electron chi connectivity index (χ3n) is 2.98. The van der Waals surface area contributed by atoms with Gasteiger partial charge in [-0.25, -0.2) is 0 Å². The first-order chi connectivity index (χ1) is 9.67. The lowest BCUT2D eigenvalue weighted by atomic mass is 10.1. The second-order valence-corrected chi connectivity index (χ2v) is 4.24. The Bertz CT molecular complexity index is 556. The Morgan fingerprint density at radius 3 is 2.20 bits per heavy atom. The zero-order valence-electron chi connectivity index (χ0n) is 12.1. The molecule has 0 bridgehead atoms. The first-order valence-corrected chi connectivity index (χ1v) is 6.20. The molecule has 1 N–H and O–H groups in total. The van der Waals surface area contributed by atoms with Gasteiger partial charge in [0.1, 0.15) is 23.1 Å². The molecular weight excluding hydrogens is 258 g/mol. The summed E-state index contributed by atoms with van der Waals surface area (Å²) in [4.78, 5) is 0. The standard InChI is InChI=1S/C14H19N3O3/c1-17-6-5-14(16-17)15-9-11-12(19-3)7-10(18-2)8-13(11)20-4/h5-8H,9H2,1-4H3,(H,15,16). The van der Waals surface area contributed by atoms with Crippen LogP contribution in [0.3, 0.4) is 0 Å². The molecule has 6 heteroatoms. The molecule has 0 fully saturated rings. The van der Waals surface area contributed by atoms with E-state index in [-0.39, 0.29) is 0 Å². The second-order valence-electron chi connectivity index (χ2n) is 4.24. The fourth-order valence-corrected chi connectivity index (χ4v) is 1.94. The fraction of sp³-hybridized carbons (Fsp3) is 0.357. The number of hydrogen-bond donors (Lipinski definition) is 1. The van der Waals surface area contributed by atoms with E-state index in [0.29, 0.717) is 23.8 Å². The van der Waals surface area contributed by atoms with Gasteiger partial charge in [0.15, 0.2) is 0 Å². The highest BCUT2D eigenvalue weighted by atomic mass is 16.5. The predicted molar refractivity (Wildman–Crippen MR) is 76.6 cm³/mol. The first-order valence-electron chi connectivity index (χ1n) is 6.20. The molecule has 108 valence electrons. The van der Waals surface area contributed by atoms with Crippen molar-refractivity contribution in [3.63, 3.8) is 0 Å². The normalized spacial score (nSPS) is 10.2. The summed E-state index contributed by atoms with van der Waals surface area (Å²) in [5, 5.41) is 7.51. The van der Waals surface area contributed by atoms with Gasteiger partial charge in [0.05, 0.1) is 26.9 Å². The van der Waals surface area contributed by atoms with Crippen LogP contribution in [0.25, 0.3) is 0 Å². The van der Waals surface area contributed by atoms with Crippen LogP contribution in [0.2, 0.25) is 0 Å². The Kier molecular flexibility index (Phi) is 4.34. The number of anilines is 1. The largest absolute Gasteiger partial charge is 0.496 e. The van der Waals surface area contributed by atoms with Gasteiger partial charge >= 0.3 is 0 Å². The van der Waals surface area contributed by atoms with Crippen molar-refractivity contribution in [2.45, 2.75) is 6.54 Å². The van der Waals surface area contributed by atoms with E-state index in [2.05, 4.69) is 10.4 Å². The summed E-state index contributed by atoms with van der Waals surface area (Å²) in [7, 11) is 6.73. The summed E-state index contributed by atoms with van der Waals surface area (Å²) >= 11 is 0. The van der Waals surface area contributed by atoms with E-state index in [9.17, 15) is 0 Å². The number of benzene rings is 1. The zero-order chi connectivity index (χ0) is 14.5. The highest BCUT2D eigenvalue weighted by Gasteiger charge is 2.13. The maximum atomic E-state index is 5.40. The van der Waals surface area contributed by atoms with E-state index in [0.717, 1.165) is 11.4 Å². The smallest absolute Gasteiger partial charge is 0.148 e. The third kappa shape index (κ3) is 2.96. The lowest BCUT2D eigenvalue weighted by Gasteiger charge is -2.15. The molecule has 0 unspecified atom stereocenters. The topological polar surface area (TPSA) is 57.5 Å². The molecule has 1 aromatic carbocycles. The Labute approximate surface area is 118 Å². The lowest BCUT2D eigenvalue weighted by Crippen LogP contribution is -2.05. The number of ether oxygens (including phenoxy) is 3. The minimum atomic E-state index is 0.549. The molecule has 0 amide bonds. The number of nitrogens with zero attached hydrogens (tertiary/aromatic N) is 2. The molecular formula is C14H19N3O3. The maximum absolute atomic E-state index is 5.40. The molecule has 1 aromatic heterocycles. The number of hydrogen-bond acceptors (Lipinski definition) is 5. The third-order valence-corrected chi connectivity index (χ3v) is 2.98. The van der Waals surface area contributed by atoms with Gasteiger partial charge in [-0.15, -0.1) is 0 Å². The van der Waals surface area contributed by atoms with Crippen LogP contribution in [0.5, 0.6) is 17.2 Å². The second kappa shape index (κ2) is 6.18. The number of methoxy groups -OCH3 is 3.